The molecule has 0 saturated carbocycles. The van der Waals surface area contributed by atoms with Gasteiger partial charge in [0.1, 0.15) is 5.75 Å². The molecule has 2 nitrogen and oxygen atoms in total. The minimum atomic E-state index is -2.98. The third-order valence-electron chi connectivity index (χ3n) is 3.76. The predicted molar refractivity (Wildman–Crippen MR) is 89.1 cm³/mol. The normalized spacial score (nSPS) is 12.0. The molecule has 0 amide bonds. The van der Waals surface area contributed by atoms with E-state index in [1.165, 1.54) is 31.4 Å². The van der Waals surface area contributed by atoms with Crippen LogP contribution in [0.4, 0.5) is 8.78 Å². The van der Waals surface area contributed by atoms with Crippen LogP contribution in [0.25, 0.3) is 0 Å². The molecule has 0 atom stereocenters. The lowest BCUT2D eigenvalue weighted by atomic mass is 10.0. The van der Waals surface area contributed by atoms with Gasteiger partial charge in [-0.2, -0.15) is 0 Å². The fourth-order valence-electron chi connectivity index (χ4n) is 2.37. The third-order valence-corrected chi connectivity index (χ3v) is 3.76. The lowest BCUT2D eigenvalue weighted by molar-refractivity contribution is 0.0422. The highest BCUT2D eigenvalue weighted by molar-refractivity contribution is 6.06. The molecule has 0 spiro atoms. The Morgan fingerprint density at radius 2 is 1.70 bits per heavy atom. The van der Waals surface area contributed by atoms with E-state index in [4.69, 9.17) is 0 Å². The van der Waals surface area contributed by atoms with Crippen LogP contribution < -0.4 is 0 Å². The van der Waals surface area contributed by atoms with Crippen molar-refractivity contribution in [1.82, 2.24) is 0 Å². The highest BCUT2D eigenvalue weighted by atomic mass is 19.3. The number of alkyl halides is 2. The first-order valence-corrected chi connectivity index (χ1v) is 8.35. The number of benzene rings is 1. The summed E-state index contributed by atoms with van der Waals surface area (Å²) in [5.41, 5.74) is 0.0375. The second-order valence-corrected chi connectivity index (χ2v) is 5.85. The number of phenols is 1. The number of halogens is 2. The van der Waals surface area contributed by atoms with Gasteiger partial charge >= 0.3 is 0 Å². The number of para-hydroxylation sites is 1. The van der Waals surface area contributed by atoms with E-state index >= 15 is 0 Å². The van der Waals surface area contributed by atoms with Crippen molar-refractivity contribution in [3.63, 3.8) is 0 Å². The molecule has 0 aliphatic carbocycles. The Balaban J connectivity index is 2.36. The summed E-state index contributed by atoms with van der Waals surface area (Å²) in [5, 5.41) is 9.53. The maximum Gasteiger partial charge on any atom is 0.266 e. The average Bonchev–Trinajstić information content (AvgIpc) is 2.52. The van der Waals surface area contributed by atoms with Crippen LogP contribution in [0.1, 0.15) is 68.6 Å². The highest BCUT2D eigenvalue weighted by Gasteiger charge is 2.24. The standard InChI is InChI=1S/C19H26F2O2/c1-2-3-4-5-6-7-10-14-19(20,21)15-13-18(23)16-11-8-9-12-17(16)22/h8-9,11-13,15,22H,2-7,10,14H2,1H3/b15-13+. The van der Waals surface area contributed by atoms with Gasteiger partial charge in [-0.25, -0.2) is 8.78 Å². The third kappa shape index (κ3) is 7.91. The molecule has 0 aromatic heterocycles. The van der Waals surface area contributed by atoms with E-state index in [1.807, 2.05) is 0 Å². The summed E-state index contributed by atoms with van der Waals surface area (Å²) in [6.45, 7) is 2.14. The maximum atomic E-state index is 13.7. The van der Waals surface area contributed by atoms with Gasteiger partial charge in [0, 0.05) is 6.42 Å². The minimum Gasteiger partial charge on any atom is -0.507 e. The maximum absolute atomic E-state index is 13.7. The summed E-state index contributed by atoms with van der Waals surface area (Å²) in [4.78, 5) is 11.8. The van der Waals surface area contributed by atoms with E-state index in [0.29, 0.717) is 12.5 Å². The number of unbranched alkanes of at least 4 members (excludes halogenated alkanes) is 6. The number of phenolic OH excluding ortho intramolecular Hbond substituents is 1. The van der Waals surface area contributed by atoms with Crippen molar-refractivity contribution in [3.8, 4) is 5.75 Å². The van der Waals surface area contributed by atoms with Gasteiger partial charge in [0.05, 0.1) is 5.56 Å². The molecule has 0 bridgehead atoms. The summed E-state index contributed by atoms with van der Waals surface area (Å²) < 4.78 is 27.5. The largest absolute Gasteiger partial charge is 0.507 e. The Bertz CT molecular complexity index is 510. The van der Waals surface area contributed by atoms with Gasteiger partial charge in [-0.1, -0.05) is 57.6 Å². The molecule has 23 heavy (non-hydrogen) atoms. The summed E-state index contributed by atoms with van der Waals surface area (Å²) in [5.74, 6) is -3.79. The number of aromatic hydroxyl groups is 1. The molecule has 128 valence electrons. The lowest BCUT2D eigenvalue weighted by Gasteiger charge is -2.11. The first-order valence-electron chi connectivity index (χ1n) is 8.35. The zero-order chi connectivity index (χ0) is 17.1. The number of carbonyl (C=O) groups is 1. The minimum absolute atomic E-state index is 0.0375. The second-order valence-electron chi connectivity index (χ2n) is 5.85. The molecule has 4 heteroatoms. The molecule has 0 aliphatic heterocycles. The smallest absolute Gasteiger partial charge is 0.266 e. The molecule has 0 heterocycles. The fraction of sp³-hybridized carbons (Fsp3) is 0.526. The van der Waals surface area contributed by atoms with Crippen LogP contribution in [0.15, 0.2) is 36.4 Å². The van der Waals surface area contributed by atoms with Crippen LogP contribution in [0.5, 0.6) is 5.75 Å². The van der Waals surface area contributed by atoms with Crippen molar-refractivity contribution in [2.75, 3.05) is 0 Å². The molecule has 0 fully saturated rings. The molecule has 0 unspecified atom stereocenters. The summed E-state index contributed by atoms with van der Waals surface area (Å²) in [7, 11) is 0. The van der Waals surface area contributed by atoms with Gasteiger partial charge in [-0.05, 0) is 30.7 Å². The Morgan fingerprint density at radius 3 is 2.35 bits per heavy atom. The number of rotatable bonds is 11. The Hall–Kier alpha value is -1.71. The molecule has 0 saturated heterocycles. The van der Waals surface area contributed by atoms with E-state index in [1.54, 1.807) is 12.1 Å². The second kappa shape index (κ2) is 10.1. The predicted octanol–water partition coefficient (Wildman–Crippen LogP) is 5.91. The van der Waals surface area contributed by atoms with Crippen molar-refractivity contribution in [2.24, 2.45) is 0 Å². The van der Waals surface area contributed by atoms with Crippen LogP contribution in [0.3, 0.4) is 0 Å². The summed E-state index contributed by atoms with van der Waals surface area (Å²) in [6.07, 6.45) is 8.13. The van der Waals surface area contributed by atoms with Crippen LogP contribution in [-0.2, 0) is 0 Å². The molecular weight excluding hydrogens is 298 g/mol. The van der Waals surface area contributed by atoms with Gasteiger partial charge in [0.25, 0.3) is 5.92 Å². The van der Waals surface area contributed by atoms with E-state index in [-0.39, 0.29) is 17.7 Å². The molecular formula is C19H26F2O2. The van der Waals surface area contributed by atoms with Gasteiger partial charge in [0.15, 0.2) is 5.78 Å². The number of ketones is 1. The molecule has 0 radical (unpaired) electrons. The zero-order valence-corrected chi connectivity index (χ0v) is 13.7. The summed E-state index contributed by atoms with van der Waals surface area (Å²) >= 11 is 0. The Kier molecular flexibility index (Phi) is 8.52. The monoisotopic (exact) mass is 324 g/mol. The van der Waals surface area contributed by atoms with Crippen molar-refractivity contribution in [1.29, 1.82) is 0 Å². The first-order chi connectivity index (χ1) is 11.0. The van der Waals surface area contributed by atoms with Crippen LogP contribution >= 0.6 is 0 Å². The van der Waals surface area contributed by atoms with Gasteiger partial charge in [-0.15, -0.1) is 0 Å². The number of hydrogen-bond donors (Lipinski definition) is 1. The van der Waals surface area contributed by atoms with E-state index in [0.717, 1.165) is 25.3 Å². The first kappa shape index (κ1) is 19.3. The fourth-order valence-corrected chi connectivity index (χ4v) is 2.37. The van der Waals surface area contributed by atoms with Crippen molar-refractivity contribution >= 4 is 5.78 Å². The van der Waals surface area contributed by atoms with Gasteiger partial charge in [0.2, 0.25) is 0 Å². The van der Waals surface area contributed by atoms with Crippen LogP contribution in [0.2, 0.25) is 0 Å². The molecule has 1 N–H and O–H groups in total. The SMILES string of the molecule is CCCCCCCCCC(F)(F)/C=C/C(=O)c1ccccc1O. The van der Waals surface area contributed by atoms with Crippen LogP contribution in [0, 0.1) is 0 Å². The van der Waals surface area contributed by atoms with Crippen LogP contribution in [-0.4, -0.2) is 16.8 Å². The van der Waals surface area contributed by atoms with E-state index in [9.17, 15) is 18.7 Å². The Labute approximate surface area is 137 Å². The van der Waals surface area contributed by atoms with Crippen molar-refractivity contribution in [2.45, 2.75) is 64.2 Å². The number of allylic oxidation sites excluding steroid dienone is 2. The van der Waals surface area contributed by atoms with Gasteiger partial charge < -0.3 is 5.11 Å². The quantitative estimate of drug-likeness (QED) is 0.312. The number of hydrogen-bond acceptors (Lipinski definition) is 2. The molecule has 1 aromatic rings. The van der Waals surface area contributed by atoms with Crippen molar-refractivity contribution < 1.29 is 18.7 Å². The molecule has 1 aromatic carbocycles. The van der Waals surface area contributed by atoms with E-state index < -0.39 is 11.7 Å². The van der Waals surface area contributed by atoms with Gasteiger partial charge in [-0.3, -0.25) is 4.79 Å². The Morgan fingerprint density at radius 1 is 1.09 bits per heavy atom. The summed E-state index contributed by atoms with van der Waals surface area (Å²) in [6, 6.07) is 5.93. The molecule has 1 rings (SSSR count). The van der Waals surface area contributed by atoms with Crippen molar-refractivity contribution in [3.05, 3.63) is 42.0 Å². The topological polar surface area (TPSA) is 37.3 Å². The lowest BCUT2D eigenvalue weighted by Crippen LogP contribution is -2.12. The molecule has 0 aliphatic rings. The average molecular weight is 324 g/mol. The zero-order valence-electron chi connectivity index (χ0n) is 13.7. The van der Waals surface area contributed by atoms with E-state index in [2.05, 4.69) is 6.92 Å². The number of carbonyl (C=O) groups excluding carboxylic acids is 1. The highest BCUT2D eigenvalue weighted by Crippen LogP contribution is 2.25.